The summed E-state index contributed by atoms with van der Waals surface area (Å²) in [5.74, 6) is -6.97. The van der Waals surface area contributed by atoms with Gasteiger partial charge in [0.15, 0.2) is 0 Å². The first-order valence-electron chi connectivity index (χ1n) is 14.1. The predicted octanol–water partition coefficient (Wildman–Crippen LogP) is 7.61. The third-order valence-corrected chi connectivity index (χ3v) is 6.78. The number of nitrogens with two attached hydrogens (primary N) is 2. The second kappa shape index (κ2) is 15.1. The lowest BCUT2D eigenvalue weighted by Crippen LogP contribution is -2.36. The van der Waals surface area contributed by atoms with E-state index >= 15 is 0 Å². The van der Waals surface area contributed by atoms with Crippen molar-refractivity contribution in [2.75, 3.05) is 18.1 Å². The highest BCUT2D eigenvalue weighted by Crippen LogP contribution is 2.39. The van der Waals surface area contributed by atoms with Gasteiger partial charge in [-0.05, 0) is 73.0 Å². The normalized spacial score (nSPS) is 12.9. The first-order valence-corrected chi connectivity index (χ1v) is 14.1. The fraction of sp³-hybridized carbons (Fsp3) is 0.312. The van der Waals surface area contributed by atoms with Crippen molar-refractivity contribution in [3.05, 3.63) is 89.0 Å². The van der Waals surface area contributed by atoms with Crippen LogP contribution in [0.2, 0.25) is 0 Å². The van der Waals surface area contributed by atoms with E-state index in [-0.39, 0.29) is 34.9 Å². The van der Waals surface area contributed by atoms with Gasteiger partial charge in [0.2, 0.25) is 0 Å². The highest BCUT2D eigenvalue weighted by atomic mass is 19.4. The summed E-state index contributed by atoms with van der Waals surface area (Å²) in [6.45, 7) is 1.29. The molecule has 0 radical (unpaired) electrons. The molecular formula is C32H31F7N2O6. The van der Waals surface area contributed by atoms with Crippen molar-refractivity contribution in [3.8, 4) is 11.5 Å². The van der Waals surface area contributed by atoms with Crippen LogP contribution in [0.1, 0.15) is 53.2 Å². The Morgan fingerprint density at radius 2 is 1.47 bits per heavy atom. The Labute approximate surface area is 264 Å². The number of carbonyl (C=O) groups excluding carboxylic acids is 1. The van der Waals surface area contributed by atoms with Crippen LogP contribution in [0.4, 0.5) is 42.1 Å². The SMILES string of the molecule is CCC(Cc1c(N)cc(C(=O)O)cc1N)OC(=O)C=Cc1ccc(OC(F)(F)c2ccc(OCCCC(F)(F)C(F)(F)F)cc2)cc1. The molecule has 0 aromatic heterocycles. The summed E-state index contributed by atoms with van der Waals surface area (Å²) < 4.78 is 107. The van der Waals surface area contributed by atoms with Crippen LogP contribution in [0.25, 0.3) is 6.08 Å². The number of nitrogen functional groups attached to an aromatic ring is 2. The van der Waals surface area contributed by atoms with Crippen molar-refractivity contribution in [2.24, 2.45) is 0 Å². The predicted molar refractivity (Wildman–Crippen MR) is 158 cm³/mol. The summed E-state index contributed by atoms with van der Waals surface area (Å²) in [6, 6.07) is 12.0. The number of carboxylic acids is 1. The van der Waals surface area contributed by atoms with Gasteiger partial charge < -0.3 is 30.8 Å². The van der Waals surface area contributed by atoms with Crippen molar-refractivity contribution in [1.82, 2.24) is 0 Å². The Hall–Kier alpha value is -4.95. The third kappa shape index (κ3) is 10.3. The number of hydrogen-bond acceptors (Lipinski definition) is 7. The van der Waals surface area contributed by atoms with E-state index in [1.165, 1.54) is 42.5 Å². The van der Waals surface area contributed by atoms with E-state index in [9.17, 15) is 40.3 Å². The molecule has 8 nitrogen and oxygen atoms in total. The number of halogens is 7. The van der Waals surface area contributed by atoms with Crippen molar-refractivity contribution < 1.29 is 59.6 Å². The largest absolute Gasteiger partial charge is 0.494 e. The molecule has 15 heteroatoms. The van der Waals surface area contributed by atoms with E-state index < -0.39 is 61.3 Å². The Kier molecular flexibility index (Phi) is 11.7. The highest BCUT2D eigenvalue weighted by molar-refractivity contribution is 5.91. The van der Waals surface area contributed by atoms with E-state index in [0.29, 0.717) is 17.5 Å². The molecule has 0 heterocycles. The molecule has 254 valence electrons. The minimum absolute atomic E-state index is 0.0116. The maximum Gasteiger partial charge on any atom is 0.453 e. The number of alkyl halides is 7. The molecule has 3 aromatic rings. The first kappa shape index (κ1) is 36.5. The topological polar surface area (TPSA) is 134 Å². The van der Waals surface area contributed by atoms with Crippen molar-refractivity contribution >= 4 is 29.4 Å². The van der Waals surface area contributed by atoms with E-state index in [0.717, 1.165) is 30.3 Å². The first-order chi connectivity index (χ1) is 21.9. The summed E-state index contributed by atoms with van der Waals surface area (Å²) >= 11 is 0. The van der Waals surface area contributed by atoms with E-state index in [4.69, 9.17) is 30.8 Å². The quantitative estimate of drug-likeness (QED) is 0.0494. The monoisotopic (exact) mass is 672 g/mol. The molecule has 1 atom stereocenters. The van der Waals surface area contributed by atoms with Crippen molar-refractivity contribution in [1.29, 1.82) is 0 Å². The van der Waals surface area contributed by atoms with Crippen LogP contribution in [-0.2, 0) is 22.1 Å². The van der Waals surface area contributed by atoms with Gasteiger partial charge in [-0.25, -0.2) is 9.59 Å². The highest BCUT2D eigenvalue weighted by Gasteiger charge is 2.56. The summed E-state index contributed by atoms with van der Waals surface area (Å²) in [5, 5.41) is 9.14. The maximum atomic E-state index is 14.7. The number of anilines is 2. The van der Waals surface area contributed by atoms with Crippen LogP contribution in [0.5, 0.6) is 11.5 Å². The molecule has 0 fully saturated rings. The molecule has 0 aliphatic carbocycles. The van der Waals surface area contributed by atoms with Gasteiger partial charge in [-0.15, -0.1) is 0 Å². The minimum Gasteiger partial charge on any atom is -0.494 e. The van der Waals surface area contributed by atoms with Gasteiger partial charge in [-0.3, -0.25) is 0 Å². The molecule has 0 aliphatic heterocycles. The molecule has 5 N–H and O–H groups in total. The van der Waals surface area contributed by atoms with Gasteiger partial charge in [-0.2, -0.15) is 30.7 Å². The van der Waals surface area contributed by atoms with Gasteiger partial charge in [-0.1, -0.05) is 19.1 Å². The van der Waals surface area contributed by atoms with Crippen LogP contribution in [0, 0.1) is 0 Å². The van der Waals surface area contributed by atoms with Crippen LogP contribution in [0.3, 0.4) is 0 Å². The molecule has 0 amide bonds. The zero-order valence-electron chi connectivity index (χ0n) is 24.8. The number of ether oxygens (including phenoxy) is 3. The minimum atomic E-state index is -5.67. The van der Waals surface area contributed by atoms with Crippen molar-refractivity contribution in [3.63, 3.8) is 0 Å². The number of rotatable bonds is 15. The summed E-state index contributed by atoms with van der Waals surface area (Å²) in [5.41, 5.74) is 12.5. The number of aromatic carboxylic acids is 1. The van der Waals surface area contributed by atoms with E-state index in [2.05, 4.69) is 0 Å². The molecule has 0 spiro atoms. The summed E-state index contributed by atoms with van der Waals surface area (Å²) in [7, 11) is 0. The number of esters is 1. The van der Waals surface area contributed by atoms with E-state index in [1.807, 2.05) is 0 Å². The average molecular weight is 673 g/mol. The lowest BCUT2D eigenvalue weighted by atomic mass is 10.00. The molecule has 3 rings (SSSR count). The van der Waals surface area contributed by atoms with Crippen LogP contribution >= 0.6 is 0 Å². The molecule has 1 unspecified atom stereocenters. The zero-order chi connectivity index (χ0) is 35.0. The maximum absolute atomic E-state index is 14.7. The molecule has 3 aromatic carbocycles. The van der Waals surface area contributed by atoms with Gasteiger partial charge in [0.25, 0.3) is 0 Å². The van der Waals surface area contributed by atoms with Gasteiger partial charge >= 0.3 is 30.1 Å². The lowest BCUT2D eigenvalue weighted by molar-refractivity contribution is -0.284. The zero-order valence-corrected chi connectivity index (χ0v) is 24.8. The van der Waals surface area contributed by atoms with Gasteiger partial charge in [0.1, 0.15) is 17.6 Å². The van der Waals surface area contributed by atoms with E-state index in [1.54, 1.807) is 6.92 Å². The second-order valence-electron chi connectivity index (χ2n) is 10.3. The summed E-state index contributed by atoms with van der Waals surface area (Å²) in [6.07, 6.45) is -9.09. The molecule has 0 bridgehead atoms. The Bertz CT molecular complexity index is 1540. The smallest absolute Gasteiger partial charge is 0.453 e. The van der Waals surface area contributed by atoms with Crippen LogP contribution < -0.4 is 20.9 Å². The van der Waals surface area contributed by atoms with Crippen LogP contribution in [-0.4, -0.2) is 41.9 Å². The van der Waals surface area contributed by atoms with Gasteiger partial charge in [0, 0.05) is 35.9 Å². The number of carbonyl (C=O) groups is 2. The van der Waals surface area contributed by atoms with Crippen LogP contribution in [0.15, 0.2) is 66.7 Å². The Balaban J connectivity index is 1.52. The molecular weight excluding hydrogens is 641 g/mol. The fourth-order valence-corrected chi connectivity index (χ4v) is 4.17. The summed E-state index contributed by atoms with van der Waals surface area (Å²) in [4.78, 5) is 23.6. The average Bonchev–Trinajstić information content (AvgIpc) is 2.99. The number of benzene rings is 3. The molecule has 47 heavy (non-hydrogen) atoms. The number of hydrogen-bond donors (Lipinski definition) is 3. The lowest BCUT2D eigenvalue weighted by Gasteiger charge is -2.20. The Morgan fingerprint density at radius 3 is 2.00 bits per heavy atom. The molecule has 0 saturated heterocycles. The number of carboxylic acid groups (broad SMARTS) is 1. The Morgan fingerprint density at radius 1 is 0.894 bits per heavy atom. The second-order valence-corrected chi connectivity index (χ2v) is 10.3. The fourth-order valence-electron chi connectivity index (χ4n) is 4.17. The molecule has 0 saturated carbocycles. The van der Waals surface area contributed by atoms with Gasteiger partial charge in [0.05, 0.1) is 17.7 Å². The standard InChI is InChI=1S/C32H31F7N2O6/c1-2-22(18-25-26(40)16-20(29(43)44)17-27(25)41)46-28(42)13-6-19-4-9-24(10-5-19)47-31(35,36)21-7-11-23(12-8-21)45-15-3-14-30(33,34)32(37,38)39/h4-13,16-17,22H,2-3,14-15,18,40-41H2,1H3,(H,43,44). The third-order valence-electron chi connectivity index (χ3n) is 6.78. The molecule has 0 aliphatic rings. The van der Waals surface area contributed by atoms with Crippen molar-refractivity contribution in [2.45, 2.75) is 56.9 Å².